The second-order valence-corrected chi connectivity index (χ2v) is 17.9. The first-order chi connectivity index (χ1) is 8.91. The van der Waals surface area contributed by atoms with Crippen LogP contribution < -0.4 is 4.43 Å². The van der Waals surface area contributed by atoms with Gasteiger partial charge in [-0.2, -0.15) is 0 Å². The molecule has 0 heterocycles. The van der Waals surface area contributed by atoms with E-state index in [0.717, 1.165) is 5.75 Å². The maximum Gasteiger partial charge on any atom is 0.250 e. The van der Waals surface area contributed by atoms with Crippen LogP contribution in [-0.4, -0.2) is 16.4 Å². The summed E-state index contributed by atoms with van der Waals surface area (Å²) in [5, 5.41) is 0.233. The van der Waals surface area contributed by atoms with E-state index in [1.54, 1.807) is 0 Å². The van der Waals surface area contributed by atoms with Gasteiger partial charge in [0.25, 0.3) is 0 Å². The maximum atomic E-state index is 6.36. The van der Waals surface area contributed by atoms with Gasteiger partial charge in [0.05, 0.1) is 8.07 Å². The van der Waals surface area contributed by atoms with Crippen molar-refractivity contribution in [3.63, 3.8) is 0 Å². The number of hydrogen-bond acceptors (Lipinski definition) is 1. The molecule has 0 N–H and O–H groups in total. The van der Waals surface area contributed by atoms with Gasteiger partial charge in [0.15, 0.2) is 0 Å². The third-order valence-corrected chi connectivity index (χ3v) is 9.34. The molecule has 0 unspecified atom stereocenters. The third-order valence-electron chi connectivity index (χ3n) is 3.81. The molecule has 3 heteroatoms. The molecule has 0 aliphatic carbocycles. The zero-order chi connectivity index (χ0) is 15.6. The largest absolute Gasteiger partial charge is 0.543 e. The molecule has 0 atom stereocenters. The van der Waals surface area contributed by atoms with Gasteiger partial charge in [0.1, 0.15) is 5.75 Å². The lowest BCUT2D eigenvalue weighted by atomic mass is 10.2. The van der Waals surface area contributed by atoms with E-state index < -0.39 is 16.4 Å². The van der Waals surface area contributed by atoms with Crippen LogP contribution in [0.4, 0.5) is 0 Å². The second-order valence-electron chi connectivity index (χ2n) is 8.13. The van der Waals surface area contributed by atoms with Gasteiger partial charge in [-0.05, 0) is 35.8 Å². The monoisotopic (exact) mass is 306 g/mol. The highest BCUT2D eigenvalue weighted by Gasteiger charge is 2.38. The zero-order valence-electron chi connectivity index (χ0n) is 14.4. The summed E-state index contributed by atoms with van der Waals surface area (Å²) in [4.78, 5) is 0. The van der Waals surface area contributed by atoms with Crippen molar-refractivity contribution in [2.75, 3.05) is 0 Å². The predicted molar refractivity (Wildman–Crippen MR) is 96.6 cm³/mol. The van der Waals surface area contributed by atoms with Crippen molar-refractivity contribution in [1.29, 1.82) is 0 Å². The summed E-state index contributed by atoms with van der Waals surface area (Å²) < 4.78 is 6.36. The predicted octanol–water partition coefficient (Wildman–Crippen LogP) is 5.96. The van der Waals surface area contributed by atoms with Gasteiger partial charge < -0.3 is 4.43 Å². The van der Waals surface area contributed by atoms with E-state index in [0.29, 0.717) is 0 Å². The molecule has 0 fully saturated rings. The Hall–Kier alpha value is -0.806. The van der Waals surface area contributed by atoms with Crippen LogP contribution in [0.5, 0.6) is 5.75 Å². The summed E-state index contributed by atoms with van der Waals surface area (Å²) in [5.41, 5.74) is 3.61. The van der Waals surface area contributed by atoms with E-state index in [4.69, 9.17) is 4.43 Å². The average Bonchev–Trinajstić information content (AvgIpc) is 2.24. The van der Waals surface area contributed by atoms with Crippen LogP contribution >= 0.6 is 0 Å². The van der Waals surface area contributed by atoms with Gasteiger partial charge in [-0.15, -0.1) is 0 Å². The molecular formula is C17H30OSi2. The highest BCUT2D eigenvalue weighted by molar-refractivity contribution is 6.81. The molecule has 0 aliphatic rings. The van der Waals surface area contributed by atoms with Crippen molar-refractivity contribution in [3.8, 4) is 5.75 Å². The summed E-state index contributed by atoms with van der Waals surface area (Å²) in [7, 11) is -2.89. The van der Waals surface area contributed by atoms with Crippen LogP contribution in [0.25, 0.3) is 6.08 Å². The Morgan fingerprint density at radius 3 is 2.10 bits per heavy atom. The molecule has 0 aliphatic heterocycles. The Bertz CT molecular complexity index is 476. The van der Waals surface area contributed by atoms with Gasteiger partial charge in [-0.3, -0.25) is 0 Å². The Balaban J connectivity index is 2.92. The molecule has 112 valence electrons. The summed E-state index contributed by atoms with van der Waals surface area (Å²) in [6.07, 6.45) is 2.24. The molecule has 0 amide bonds. The fraction of sp³-hybridized carbons (Fsp3) is 0.529. The number of hydrogen-bond donors (Lipinski definition) is 0. The molecule has 0 saturated heterocycles. The lowest BCUT2D eigenvalue weighted by Gasteiger charge is -2.36. The quantitative estimate of drug-likeness (QED) is 0.623. The molecule has 1 aromatic carbocycles. The maximum absolute atomic E-state index is 6.36. The molecule has 0 aromatic heterocycles. The number of benzene rings is 1. The van der Waals surface area contributed by atoms with Crippen molar-refractivity contribution in [2.45, 2.75) is 58.5 Å². The SMILES string of the molecule is CC(C)(C)[Si](C)(C)Oc1cccc(/C=C/[Si](C)(C)C)c1. The molecule has 0 radical (unpaired) electrons. The van der Waals surface area contributed by atoms with Crippen LogP contribution in [0.15, 0.2) is 30.0 Å². The Kier molecular flexibility index (Phi) is 5.09. The summed E-state index contributed by atoms with van der Waals surface area (Å²) in [6, 6.07) is 8.48. The highest BCUT2D eigenvalue weighted by atomic mass is 28.4. The fourth-order valence-corrected chi connectivity index (χ4v) is 3.19. The van der Waals surface area contributed by atoms with E-state index in [2.05, 4.69) is 89.5 Å². The lowest BCUT2D eigenvalue weighted by molar-refractivity contribution is 0.492. The smallest absolute Gasteiger partial charge is 0.250 e. The van der Waals surface area contributed by atoms with Crippen molar-refractivity contribution >= 4 is 22.5 Å². The first-order valence-corrected chi connectivity index (χ1v) is 13.9. The first-order valence-electron chi connectivity index (χ1n) is 7.39. The van der Waals surface area contributed by atoms with Crippen LogP contribution in [0.2, 0.25) is 37.8 Å². The molecule has 1 nitrogen and oxygen atoms in total. The van der Waals surface area contributed by atoms with E-state index >= 15 is 0 Å². The van der Waals surface area contributed by atoms with Crippen LogP contribution in [0.1, 0.15) is 26.3 Å². The summed E-state index contributed by atoms with van der Waals surface area (Å²) in [6.45, 7) is 18.4. The first kappa shape index (κ1) is 17.2. The second kappa shape index (κ2) is 5.90. The van der Waals surface area contributed by atoms with Gasteiger partial charge in [-0.25, -0.2) is 0 Å². The Morgan fingerprint density at radius 1 is 1.00 bits per heavy atom. The van der Waals surface area contributed by atoms with Crippen LogP contribution in [0, 0.1) is 0 Å². The molecule has 20 heavy (non-hydrogen) atoms. The summed E-state index contributed by atoms with van der Waals surface area (Å²) >= 11 is 0. The van der Waals surface area contributed by atoms with Gasteiger partial charge in [0, 0.05) is 0 Å². The van der Waals surface area contributed by atoms with E-state index in [1.807, 2.05) is 0 Å². The minimum absolute atomic E-state index is 0.233. The minimum Gasteiger partial charge on any atom is -0.543 e. The van der Waals surface area contributed by atoms with E-state index in [1.165, 1.54) is 5.56 Å². The van der Waals surface area contributed by atoms with Crippen molar-refractivity contribution in [1.82, 2.24) is 0 Å². The van der Waals surface area contributed by atoms with Crippen molar-refractivity contribution in [2.24, 2.45) is 0 Å². The van der Waals surface area contributed by atoms with Gasteiger partial charge in [0.2, 0.25) is 8.32 Å². The normalized spacial score (nSPS) is 13.8. The summed E-state index contributed by atoms with van der Waals surface area (Å²) in [5.74, 6) is 1.01. The van der Waals surface area contributed by atoms with Crippen LogP contribution in [0.3, 0.4) is 0 Å². The third kappa shape index (κ3) is 5.29. The highest BCUT2D eigenvalue weighted by Crippen LogP contribution is 2.37. The topological polar surface area (TPSA) is 9.23 Å². The standard InChI is InChI=1S/C17H30OSi2/c1-17(2,3)20(7,8)18-16-11-9-10-15(14-16)12-13-19(4,5)6/h9-14H,1-8H3/b13-12+. The number of rotatable bonds is 4. The molecular weight excluding hydrogens is 276 g/mol. The van der Waals surface area contributed by atoms with Crippen molar-refractivity contribution < 1.29 is 4.43 Å². The average molecular weight is 307 g/mol. The molecule has 1 rings (SSSR count). The van der Waals surface area contributed by atoms with Crippen LogP contribution in [-0.2, 0) is 0 Å². The zero-order valence-corrected chi connectivity index (χ0v) is 16.4. The minimum atomic E-state index is -1.74. The Morgan fingerprint density at radius 2 is 1.60 bits per heavy atom. The van der Waals surface area contributed by atoms with Gasteiger partial charge >= 0.3 is 0 Å². The molecule has 0 spiro atoms. The van der Waals surface area contributed by atoms with E-state index in [9.17, 15) is 0 Å². The fourth-order valence-electron chi connectivity index (χ4n) is 1.48. The molecule has 0 saturated carbocycles. The van der Waals surface area contributed by atoms with Crippen molar-refractivity contribution in [3.05, 3.63) is 35.5 Å². The Labute approximate surface area is 127 Å². The molecule has 1 aromatic rings. The molecule has 0 bridgehead atoms. The lowest BCUT2D eigenvalue weighted by Crippen LogP contribution is -2.43. The van der Waals surface area contributed by atoms with Gasteiger partial charge in [-0.1, -0.05) is 64.3 Å². The van der Waals surface area contributed by atoms with E-state index in [-0.39, 0.29) is 5.04 Å².